The molecule has 3 saturated heterocycles. The van der Waals surface area contributed by atoms with Crippen molar-refractivity contribution in [1.82, 2.24) is 20.1 Å². The number of nitrogens with zero attached hydrogens (tertiary/aromatic N) is 4. The predicted molar refractivity (Wildman–Crippen MR) is 108 cm³/mol. The molecule has 1 N–H and O–H groups in total. The van der Waals surface area contributed by atoms with Gasteiger partial charge in [-0.05, 0) is 57.3 Å². The first-order chi connectivity index (χ1) is 13.5. The van der Waals surface area contributed by atoms with Crippen LogP contribution in [-0.2, 0) is 4.79 Å². The van der Waals surface area contributed by atoms with Gasteiger partial charge in [-0.2, -0.15) is 0 Å². The van der Waals surface area contributed by atoms with Crippen molar-refractivity contribution in [1.29, 1.82) is 0 Å². The normalized spacial score (nSPS) is 27.0. The van der Waals surface area contributed by atoms with Crippen LogP contribution in [0.1, 0.15) is 36.0 Å². The van der Waals surface area contributed by atoms with Gasteiger partial charge in [0.2, 0.25) is 5.91 Å². The number of hydrogen-bond acceptors (Lipinski definition) is 5. The average Bonchev–Trinajstić information content (AvgIpc) is 2.68. The molecule has 4 heterocycles. The predicted octanol–water partition coefficient (Wildman–Crippen LogP) is 1.21. The Morgan fingerprint density at radius 2 is 2.18 bits per heavy atom. The highest BCUT2D eigenvalue weighted by atomic mass is 16.2. The number of anilines is 1. The van der Waals surface area contributed by atoms with Gasteiger partial charge < -0.3 is 20.0 Å². The van der Waals surface area contributed by atoms with Crippen LogP contribution in [0.3, 0.4) is 0 Å². The lowest BCUT2D eigenvalue weighted by atomic mass is 9.76. The highest BCUT2D eigenvalue weighted by Crippen LogP contribution is 2.39. The van der Waals surface area contributed by atoms with Crippen molar-refractivity contribution in [3.05, 3.63) is 23.9 Å². The van der Waals surface area contributed by atoms with Crippen LogP contribution in [-0.4, -0.2) is 79.5 Å². The lowest BCUT2D eigenvalue weighted by Crippen LogP contribution is -2.60. The largest absolute Gasteiger partial charge is 0.355 e. The third-order valence-corrected chi connectivity index (χ3v) is 6.36. The molecule has 3 aliphatic heterocycles. The molecule has 3 aliphatic rings. The fraction of sp³-hybridized carbons (Fsp3) is 0.667. The van der Waals surface area contributed by atoms with Gasteiger partial charge >= 0.3 is 0 Å². The summed E-state index contributed by atoms with van der Waals surface area (Å²) in [5.74, 6) is 2.00. The number of carbonyl (C=O) groups is 2. The number of amides is 2. The van der Waals surface area contributed by atoms with E-state index in [-0.39, 0.29) is 5.91 Å². The Kier molecular flexibility index (Phi) is 5.53. The number of hydrogen-bond donors (Lipinski definition) is 1. The fourth-order valence-electron chi connectivity index (χ4n) is 5.10. The number of rotatable bonds is 5. The van der Waals surface area contributed by atoms with Gasteiger partial charge in [-0.1, -0.05) is 0 Å². The molecule has 3 fully saturated rings. The summed E-state index contributed by atoms with van der Waals surface area (Å²) in [4.78, 5) is 36.2. The van der Waals surface area contributed by atoms with Gasteiger partial charge in [-0.15, -0.1) is 0 Å². The second-order valence-electron chi connectivity index (χ2n) is 8.71. The highest BCUT2D eigenvalue weighted by Gasteiger charge is 2.44. The zero-order valence-electron chi connectivity index (χ0n) is 16.9. The summed E-state index contributed by atoms with van der Waals surface area (Å²) in [6.45, 7) is 4.01. The van der Waals surface area contributed by atoms with Crippen LogP contribution < -0.4 is 10.2 Å². The van der Waals surface area contributed by atoms with Crippen LogP contribution in [0, 0.1) is 11.8 Å². The molecular weight excluding hydrogens is 354 g/mol. The van der Waals surface area contributed by atoms with Gasteiger partial charge in [-0.3, -0.25) is 9.59 Å². The molecule has 0 saturated carbocycles. The number of piperidine rings is 3. The minimum Gasteiger partial charge on any atom is -0.355 e. The van der Waals surface area contributed by atoms with E-state index in [9.17, 15) is 9.59 Å². The number of carbonyl (C=O) groups excluding carboxylic acids is 2. The van der Waals surface area contributed by atoms with Crippen molar-refractivity contribution in [2.45, 2.75) is 31.7 Å². The fourth-order valence-corrected chi connectivity index (χ4v) is 5.10. The summed E-state index contributed by atoms with van der Waals surface area (Å²) >= 11 is 0. The van der Waals surface area contributed by atoms with Crippen LogP contribution in [0.4, 0.5) is 5.82 Å². The summed E-state index contributed by atoms with van der Waals surface area (Å²) in [6, 6.07) is 4.06. The van der Waals surface area contributed by atoms with Crippen LogP contribution in [0.25, 0.3) is 0 Å². The van der Waals surface area contributed by atoms with E-state index in [0.29, 0.717) is 42.3 Å². The van der Waals surface area contributed by atoms with Crippen molar-refractivity contribution in [3.63, 3.8) is 0 Å². The first-order valence-electron chi connectivity index (χ1n) is 10.5. The van der Waals surface area contributed by atoms with Gasteiger partial charge in [-0.25, -0.2) is 4.98 Å². The molecule has 3 atom stereocenters. The monoisotopic (exact) mass is 385 g/mol. The zero-order chi connectivity index (χ0) is 19.7. The van der Waals surface area contributed by atoms with E-state index >= 15 is 0 Å². The van der Waals surface area contributed by atoms with E-state index in [1.165, 1.54) is 6.42 Å². The number of nitrogens with one attached hydrogen (secondary N) is 1. The Bertz CT molecular complexity index is 737. The van der Waals surface area contributed by atoms with Gasteiger partial charge in [0, 0.05) is 51.4 Å². The molecule has 152 valence electrons. The molecule has 1 aromatic heterocycles. The Morgan fingerprint density at radius 1 is 1.32 bits per heavy atom. The molecule has 7 heteroatoms. The van der Waals surface area contributed by atoms with Gasteiger partial charge in [0.05, 0.1) is 5.56 Å². The molecule has 0 aliphatic carbocycles. The third-order valence-electron chi connectivity index (χ3n) is 6.36. The number of aromatic nitrogens is 1. The second-order valence-corrected chi connectivity index (χ2v) is 8.71. The van der Waals surface area contributed by atoms with Crippen molar-refractivity contribution < 1.29 is 9.59 Å². The van der Waals surface area contributed by atoms with Crippen LogP contribution >= 0.6 is 0 Å². The topological polar surface area (TPSA) is 68.8 Å². The average molecular weight is 386 g/mol. The summed E-state index contributed by atoms with van der Waals surface area (Å²) in [6.07, 6.45) is 5.77. The Hall–Kier alpha value is -2.15. The summed E-state index contributed by atoms with van der Waals surface area (Å²) in [5.41, 5.74) is 0.651. The molecule has 1 aromatic rings. The van der Waals surface area contributed by atoms with E-state index in [1.807, 2.05) is 31.1 Å². The first-order valence-corrected chi connectivity index (χ1v) is 10.5. The van der Waals surface area contributed by atoms with Crippen molar-refractivity contribution >= 4 is 17.6 Å². The molecule has 28 heavy (non-hydrogen) atoms. The zero-order valence-corrected chi connectivity index (χ0v) is 16.9. The minimum absolute atomic E-state index is 0.0600. The maximum atomic E-state index is 12.8. The number of likely N-dealkylation sites (N-methyl/N-ethyl adjacent to an activating group) is 1. The minimum atomic E-state index is -0.0600. The lowest BCUT2D eigenvalue weighted by molar-refractivity contribution is -0.142. The molecule has 7 nitrogen and oxygen atoms in total. The standard InChI is InChI=1S/C21H31N5O2/c1-24(2)10-9-23-21(28)17-5-4-8-22-20(17)25-12-15-11-16(14-25)18-6-3-7-19(27)26(18)13-15/h4-5,8,15-16,18H,3,6-7,9-14H2,1-2H3,(H,23,28)/t15?,16?,18-/m1/s1. The molecule has 2 amide bonds. The molecule has 4 rings (SSSR count). The molecule has 2 bridgehead atoms. The Morgan fingerprint density at radius 3 is 3.00 bits per heavy atom. The molecule has 2 unspecified atom stereocenters. The third kappa shape index (κ3) is 3.85. The maximum absolute atomic E-state index is 12.8. The molecule has 0 spiro atoms. The Balaban J connectivity index is 1.50. The van der Waals surface area contributed by atoms with Gasteiger partial charge in [0.15, 0.2) is 0 Å². The lowest BCUT2D eigenvalue weighted by Gasteiger charge is -2.52. The van der Waals surface area contributed by atoms with Crippen LogP contribution in [0.15, 0.2) is 18.3 Å². The van der Waals surface area contributed by atoms with Gasteiger partial charge in [0.1, 0.15) is 5.82 Å². The van der Waals surface area contributed by atoms with Crippen molar-refractivity contribution in [3.8, 4) is 0 Å². The van der Waals surface area contributed by atoms with Crippen LogP contribution in [0.2, 0.25) is 0 Å². The first kappa shape index (κ1) is 19.2. The van der Waals surface area contributed by atoms with E-state index in [2.05, 4.69) is 20.1 Å². The quantitative estimate of drug-likeness (QED) is 0.825. The SMILES string of the molecule is CN(C)CCNC(=O)c1cccnc1N1CC2CC(C1)[C@H]1CCCC(=O)N1C2. The smallest absolute Gasteiger partial charge is 0.255 e. The number of pyridine rings is 1. The summed E-state index contributed by atoms with van der Waals surface area (Å²) in [7, 11) is 3.99. The van der Waals surface area contributed by atoms with E-state index in [4.69, 9.17) is 0 Å². The van der Waals surface area contributed by atoms with E-state index in [0.717, 1.165) is 44.8 Å². The Labute approximate surface area is 167 Å². The molecule has 0 aromatic carbocycles. The van der Waals surface area contributed by atoms with Crippen LogP contribution in [0.5, 0.6) is 0 Å². The number of fused-ring (bicyclic) bond motifs is 4. The summed E-state index contributed by atoms with van der Waals surface area (Å²) < 4.78 is 0. The van der Waals surface area contributed by atoms with E-state index < -0.39 is 0 Å². The van der Waals surface area contributed by atoms with Gasteiger partial charge in [0.25, 0.3) is 5.91 Å². The second kappa shape index (κ2) is 8.07. The molecule has 0 radical (unpaired) electrons. The summed E-state index contributed by atoms with van der Waals surface area (Å²) in [5, 5.41) is 3.01. The van der Waals surface area contributed by atoms with Crippen molar-refractivity contribution in [2.24, 2.45) is 11.8 Å². The highest BCUT2D eigenvalue weighted by molar-refractivity contribution is 5.98. The molecular formula is C21H31N5O2. The van der Waals surface area contributed by atoms with E-state index in [1.54, 1.807) is 6.20 Å². The maximum Gasteiger partial charge on any atom is 0.255 e. The van der Waals surface area contributed by atoms with Crippen molar-refractivity contribution in [2.75, 3.05) is 51.7 Å².